The van der Waals surface area contributed by atoms with Crippen LogP contribution in [0.5, 0.6) is 0 Å². The van der Waals surface area contributed by atoms with E-state index in [0.717, 1.165) is 5.69 Å². The van der Waals surface area contributed by atoms with E-state index in [4.69, 9.17) is 0 Å². The van der Waals surface area contributed by atoms with Crippen LogP contribution < -0.4 is 9.62 Å². The molecule has 0 aliphatic rings. The topological polar surface area (TPSA) is 49.4 Å². The average molecular weight is 242 g/mol. The molecule has 0 bridgehead atoms. The molecule has 1 N–H and O–H groups in total. The van der Waals surface area contributed by atoms with Crippen LogP contribution in [0, 0.1) is 0 Å². The summed E-state index contributed by atoms with van der Waals surface area (Å²) >= 11 is 0. The second-order valence-corrected chi connectivity index (χ2v) is 5.43. The van der Waals surface area contributed by atoms with Crippen LogP contribution in [0.15, 0.2) is 30.3 Å². The van der Waals surface area contributed by atoms with Gasteiger partial charge in [0.1, 0.15) is 0 Å². The van der Waals surface area contributed by atoms with Gasteiger partial charge in [-0.15, -0.1) is 0 Å². The summed E-state index contributed by atoms with van der Waals surface area (Å²) in [6.07, 6.45) is 0. The summed E-state index contributed by atoms with van der Waals surface area (Å²) in [5.41, 5.74) is 0.723. The van der Waals surface area contributed by atoms with Crippen LogP contribution in [0.1, 0.15) is 6.92 Å². The first-order valence-electron chi connectivity index (χ1n) is 5.32. The van der Waals surface area contributed by atoms with E-state index in [0.29, 0.717) is 13.1 Å². The molecule has 0 saturated heterocycles. The second-order valence-electron chi connectivity index (χ2n) is 3.42. The van der Waals surface area contributed by atoms with E-state index in [-0.39, 0.29) is 5.75 Å². The van der Waals surface area contributed by atoms with Gasteiger partial charge in [-0.1, -0.05) is 18.2 Å². The summed E-state index contributed by atoms with van der Waals surface area (Å²) in [7, 11) is -1.47. The van der Waals surface area contributed by atoms with E-state index < -0.39 is 10.0 Å². The van der Waals surface area contributed by atoms with Gasteiger partial charge in [0.25, 0.3) is 0 Å². The van der Waals surface area contributed by atoms with Crippen LogP contribution in [0.4, 0.5) is 5.69 Å². The van der Waals surface area contributed by atoms with Gasteiger partial charge in [-0.3, -0.25) is 4.31 Å². The van der Waals surface area contributed by atoms with Crippen LogP contribution in [0.3, 0.4) is 0 Å². The molecular formula is C11H18N2O2S. The Morgan fingerprint density at radius 2 is 1.88 bits per heavy atom. The Morgan fingerprint density at radius 3 is 2.38 bits per heavy atom. The number of sulfonamides is 1. The maximum absolute atomic E-state index is 12.0. The van der Waals surface area contributed by atoms with Crippen molar-refractivity contribution in [1.82, 2.24) is 5.32 Å². The van der Waals surface area contributed by atoms with Gasteiger partial charge in [0.05, 0.1) is 11.4 Å². The molecule has 0 atom stereocenters. The van der Waals surface area contributed by atoms with Gasteiger partial charge in [0.15, 0.2) is 0 Å². The third kappa shape index (κ3) is 3.21. The standard InChI is InChI=1S/C11H18N2O2S/c1-3-13(11-7-5-4-6-8-11)16(14,15)10-9-12-2/h4-8,12H,3,9-10H2,1-2H3. The number of hydrogen-bond acceptors (Lipinski definition) is 3. The van der Waals surface area contributed by atoms with Gasteiger partial charge < -0.3 is 5.32 Å². The quantitative estimate of drug-likeness (QED) is 0.811. The third-order valence-corrected chi connectivity index (χ3v) is 4.14. The first-order chi connectivity index (χ1) is 7.61. The van der Waals surface area contributed by atoms with E-state index in [1.165, 1.54) is 4.31 Å². The van der Waals surface area contributed by atoms with Crippen molar-refractivity contribution in [3.8, 4) is 0 Å². The molecule has 0 radical (unpaired) electrons. The van der Waals surface area contributed by atoms with Crippen molar-refractivity contribution < 1.29 is 8.42 Å². The van der Waals surface area contributed by atoms with Crippen LogP contribution >= 0.6 is 0 Å². The molecule has 0 spiro atoms. The van der Waals surface area contributed by atoms with Crippen molar-refractivity contribution in [2.24, 2.45) is 0 Å². The van der Waals surface area contributed by atoms with Gasteiger partial charge in [-0.05, 0) is 26.1 Å². The molecule has 0 saturated carbocycles. The molecule has 0 amide bonds. The molecule has 0 aliphatic heterocycles. The van der Waals surface area contributed by atoms with E-state index in [1.807, 2.05) is 25.1 Å². The molecule has 90 valence electrons. The SMILES string of the molecule is CCN(c1ccccc1)S(=O)(=O)CCNC. The summed E-state index contributed by atoms with van der Waals surface area (Å²) in [5.74, 6) is 0.117. The van der Waals surface area contributed by atoms with Gasteiger partial charge in [0, 0.05) is 13.1 Å². The van der Waals surface area contributed by atoms with Crippen molar-refractivity contribution >= 4 is 15.7 Å². The molecule has 16 heavy (non-hydrogen) atoms. The molecule has 0 fully saturated rings. The fourth-order valence-electron chi connectivity index (χ4n) is 1.48. The lowest BCUT2D eigenvalue weighted by molar-refractivity contribution is 0.589. The minimum Gasteiger partial charge on any atom is -0.319 e. The monoisotopic (exact) mass is 242 g/mol. The highest BCUT2D eigenvalue weighted by Crippen LogP contribution is 2.16. The number of para-hydroxylation sites is 1. The van der Waals surface area contributed by atoms with Crippen molar-refractivity contribution in [2.45, 2.75) is 6.92 Å². The van der Waals surface area contributed by atoms with Crippen LogP contribution in [0.25, 0.3) is 0 Å². The van der Waals surface area contributed by atoms with E-state index in [2.05, 4.69) is 5.32 Å². The normalized spacial score (nSPS) is 11.4. The zero-order valence-electron chi connectivity index (χ0n) is 9.68. The Balaban J connectivity index is 2.90. The van der Waals surface area contributed by atoms with Crippen molar-refractivity contribution in [1.29, 1.82) is 0 Å². The van der Waals surface area contributed by atoms with Crippen LogP contribution in [-0.4, -0.2) is 34.3 Å². The number of nitrogens with zero attached hydrogens (tertiary/aromatic N) is 1. The van der Waals surface area contributed by atoms with Crippen LogP contribution in [0.2, 0.25) is 0 Å². The first-order valence-corrected chi connectivity index (χ1v) is 6.92. The minimum atomic E-state index is -3.22. The Hall–Kier alpha value is -1.07. The largest absolute Gasteiger partial charge is 0.319 e. The van der Waals surface area contributed by atoms with Gasteiger partial charge in [-0.25, -0.2) is 8.42 Å². The fourth-order valence-corrected chi connectivity index (χ4v) is 2.99. The summed E-state index contributed by atoms with van der Waals surface area (Å²) in [5, 5.41) is 2.85. The Kier molecular flexibility index (Phi) is 4.76. The second kappa shape index (κ2) is 5.86. The summed E-state index contributed by atoms with van der Waals surface area (Å²) < 4.78 is 25.4. The highest BCUT2D eigenvalue weighted by atomic mass is 32.2. The van der Waals surface area contributed by atoms with E-state index >= 15 is 0 Å². The number of anilines is 1. The van der Waals surface area contributed by atoms with Gasteiger partial charge in [-0.2, -0.15) is 0 Å². The van der Waals surface area contributed by atoms with Crippen molar-refractivity contribution in [2.75, 3.05) is 30.2 Å². The third-order valence-electron chi connectivity index (χ3n) is 2.28. The fraction of sp³-hybridized carbons (Fsp3) is 0.455. The Morgan fingerprint density at radius 1 is 1.25 bits per heavy atom. The summed E-state index contributed by atoms with van der Waals surface area (Å²) in [6.45, 7) is 2.76. The van der Waals surface area contributed by atoms with Gasteiger partial charge >= 0.3 is 0 Å². The molecule has 1 aromatic carbocycles. The number of rotatable bonds is 6. The molecule has 4 nitrogen and oxygen atoms in total. The maximum Gasteiger partial charge on any atom is 0.236 e. The van der Waals surface area contributed by atoms with Crippen LogP contribution in [-0.2, 0) is 10.0 Å². The van der Waals surface area contributed by atoms with Gasteiger partial charge in [0.2, 0.25) is 10.0 Å². The molecule has 0 unspecified atom stereocenters. The predicted molar refractivity (Wildman–Crippen MR) is 67.2 cm³/mol. The van der Waals surface area contributed by atoms with E-state index in [1.54, 1.807) is 19.2 Å². The molecular weight excluding hydrogens is 224 g/mol. The zero-order valence-corrected chi connectivity index (χ0v) is 10.5. The average Bonchev–Trinajstić information content (AvgIpc) is 2.28. The number of hydrogen-bond donors (Lipinski definition) is 1. The molecule has 1 rings (SSSR count). The zero-order chi connectivity index (χ0) is 12.0. The molecule has 1 aromatic rings. The highest BCUT2D eigenvalue weighted by Gasteiger charge is 2.19. The lowest BCUT2D eigenvalue weighted by Gasteiger charge is -2.22. The predicted octanol–water partition coefficient (Wildman–Crippen LogP) is 1.06. The van der Waals surface area contributed by atoms with Crippen molar-refractivity contribution in [3.05, 3.63) is 30.3 Å². The van der Waals surface area contributed by atoms with E-state index in [9.17, 15) is 8.42 Å². The molecule has 0 aromatic heterocycles. The first kappa shape index (κ1) is 13.0. The molecule has 5 heteroatoms. The maximum atomic E-state index is 12.0. The summed E-state index contributed by atoms with van der Waals surface area (Å²) in [6, 6.07) is 9.16. The number of nitrogens with one attached hydrogen (secondary N) is 1. The highest BCUT2D eigenvalue weighted by molar-refractivity contribution is 7.92. The molecule has 0 aliphatic carbocycles. The Labute approximate surface area is 97.3 Å². The lowest BCUT2D eigenvalue weighted by Crippen LogP contribution is -2.35. The minimum absolute atomic E-state index is 0.117. The summed E-state index contributed by atoms with van der Waals surface area (Å²) in [4.78, 5) is 0. The van der Waals surface area contributed by atoms with Crippen molar-refractivity contribution in [3.63, 3.8) is 0 Å². The number of benzene rings is 1. The smallest absolute Gasteiger partial charge is 0.236 e. The lowest BCUT2D eigenvalue weighted by atomic mass is 10.3. The Bertz CT molecular complexity index is 403. The molecule has 0 heterocycles.